The third-order valence-electron chi connectivity index (χ3n) is 4.17. The van der Waals surface area contributed by atoms with Crippen LogP contribution in [0.2, 0.25) is 0 Å². The molecule has 2 heterocycles. The van der Waals surface area contributed by atoms with Gasteiger partial charge < -0.3 is 14.6 Å². The molecule has 0 saturated carbocycles. The molecular weight excluding hydrogens is 250 g/mol. The van der Waals surface area contributed by atoms with Crippen molar-refractivity contribution in [2.75, 3.05) is 19.6 Å². The molecule has 2 atom stereocenters. The number of rotatable bonds is 7. The minimum absolute atomic E-state index is 0.222. The molecule has 1 aromatic rings. The van der Waals surface area contributed by atoms with Crippen molar-refractivity contribution in [3.05, 3.63) is 30.9 Å². The Hall–Kier alpha value is -1.13. The summed E-state index contributed by atoms with van der Waals surface area (Å²) in [6.45, 7) is 6.70. The number of likely N-dealkylation sites (tertiary alicyclic amines) is 1. The van der Waals surface area contributed by atoms with Crippen LogP contribution in [-0.4, -0.2) is 45.3 Å². The van der Waals surface area contributed by atoms with Crippen molar-refractivity contribution < 1.29 is 5.11 Å². The monoisotopic (exact) mass is 277 g/mol. The molecule has 0 amide bonds. The number of nitrogens with zero attached hydrogens (tertiary/aromatic N) is 3. The lowest BCUT2D eigenvalue weighted by Gasteiger charge is -2.33. The summed E-state index contributed by atoms with van der Waals surface area (Å²) >= 11 is 0. The van der Waals surface area contributed by atoms with E-state index >= 15 is 0 Å². The molecule has 1 saturated heterocycles. The highest BCUT2D eigenvalue weighted by Crippen LogP contribution is 2.20. The summed E-state index contributed by atoms with van der Waals surface area (Å²) in [6.07, 6.45) is 10.8. The van der Waals surface area contributed by atoms with E-state index in [0.717, 1.165) is 38.9 Å². The van der Waals surface area contributed by atoms with Gasteiger partial charge in [-0.2, -0.15) is 0 Å². The second-order valence-electron chi connectivity index (χ2n) is 5.95. The first kappa shape index (κ1) is 15.3. The number of hydrogen-bond donors (Lipinski definition) is 1. The predicted octanol–water partition coefficient (Wildman–Crippen LogP) is 2.00. The number of piperidine rings is 1. The van der Waals surface area contributed by atoms with Gasteiger partial charge in [0.05, 0.1) is 6.10 Å². The smallest absolute Gasteiger partial charge is 0.108 e. The van der Waals surface area contributed by atoms with Crippen LogP contribution in [0.3, 0.4) is 0 Å². The lowest BCUT2D eigenvalue weighted by atomic mass is 9.94. The fourth-order valence-electron chi connectivity index (χ4n) is 3.03. The molecule has 1 aliphatic heterocycles. The molecule has 4 nitrogen and oxygen atoms in total. The highest BCUT2D eigenvalue weighted by Gasteiger charge is 2.22. The molecule has 0 aromatic carbocycles. The molecule has 1 N–H and O–H groups in total. The number of imidazole rings is 1. The van der Waals surface area contributed by atoms with E-state index in [4.69, 9.17) is 0 Å². The molecule has 2 unspecified atom stereocenters. The summed E-state index contributed by atoms with van der Waals surface area (Å²) in [7, 11) is 2.06. The number of hydrogen-bond acceptors (Lipinski definition) is 3. The van der Waals surface area contributed by atoms with Crippen molar-refractivity contribution in [2.24, 2.45) is 13.0 Å². The average Bonchev–Trinajstić information content (AvgIpc) is 2.82. The number of β-amino-alcohol motifs (C(OH)–C–C–N with tert-alkyl or cyclic N) is 1. The maximum Gasteiger partial charge on any atom is 0.108 e. The van der Waals surface area contributed by atoms with Crippen LogP contribution in [0.25, 0.3) is 0 Å². The maximum atomic E-state index is 10.0. The highest BCUT2D eigenvalue weighted by molar-refractivity contribution is 4.94. The Morgan fingerprint density at radius 2 is 2.45 bits per heavy atom. The lowest BCUT2D eigenvalue weighted by Crippen LogP contribution is -2.40. The zero-order valence-corrected chi connectivity index (χ0v) is 12.5. The molecule has 2 rings (SSSR count). The minimum Gasteiger partial charge on any atom is -0.392 e. The van der Waals surface area contributed by atoms with Gasteiger partial charge in [-0.1, -0.05) is 6.08 Å². The third-order valence-corrected chi connectivity index (χ3v) is 4.17. The van der Waals surface area contributed by atoms with E-state index in [9.17, 15) is 5.11 Å². The van der Waals surface area contributed by atoms with Gasteiger partial charge >= 0.3 is 0 Å². The van der Waals surface area contributed by atoms with Crippen LogP contribution in [0.4, 0.5) is 0 Å². The Morgan fingerprint density at radius 3 is 3.15 bits per heavy atom. The van der Waals surface area contributed by atoms with Gasteiger partial charge in [-0.15, -0.1) is 6.58 Å². The van der Waals surface area contributed by atoms with Crippen LogP contribution >= 0.6 is 0 Å². The van der Waals surface area contributed by atoms with E-state index in [0.29, 0.717) is 5.92 Å². The summed E-state index contributed by atoms with van der Waals surface area (Å²) in [5, 5.41) is 10.0. The highest BCUT2D eigenvalue weighted by atomic mass is 16.3. The molecule has 1 fully saturated rings. The molecule has 20 heavy (non-hydrogen) atoms. The zero-order valence-electron chi connectivity index (χ0n) is 12.5. The van der Waals surface area contributed by atoms with E-state index in [1.54, 1.807) is 0 Å². The molecule has 112 valence electrons. The maximum absolute atomic E-state index is 10.0. The molecule has 0 radical (unpaired) electrons. The fourth-order valence-corrected chi connectivity index (χ4v) is 3.03. The van der Waals surface area contributed by atoms with Gasteiger partial charge in [0, 0.05) is 39.0 Å². The average molecular weight is 277 g/mol. The van der Waals surface area contributed by atoms with Crippen molar-refractivity contribution in [2.45, 2.75) is 38.2 Å². The van der Waals surface area contributed by atoms with E-state index in [2.05, 4.69) is 28.1 Å². The Labute approximate surface area is 122 Å². The van der Waals surface area contributed by atoms with E-state index < -0.39 is 0 Å². The van der Waals surface area contributed by atoms with Crippen LogP contribution in [0.1, 0.15) is 31.5 Å². The first-order valence-electron chi connectivity index (χ1n) is 7.66. The molecule has 1 aromatic heterocycles. The SMILES string of the molecule is C=CCCC(O)CN1CCCC(Cc2nccn2C)C1. The van der Waals surface area contributed by atoms with Crippen molar-refractivity contribution in [1.82, 2.24) is 14.5 Å². The molecule has 1 aliphatic rings. The Kier molecular flexibility index (Phi) is 5.80. The minimum atomic E-state index is -0.222. The second kappa shape index (κ2) is 7.60. The number of aliphatic hydroxyl groups excluding tert-OH is 1. The van der Waals surface area contributed by atoms with Crippen molar-refractivity contribution in [1.29, 1.82) is 0 Å². The topological polar surface area (TPSA) is 41.3 Å². The van der Waals surface area contributed by atoms with Crippen molar-refractivity contribution in [3.63, 3.8) is 0 Å². The number of aryl methyl sites for hydroxylation is 1. The van der Waals surface area contributed by atoms with Gasteiger partial charge in [-0.05, 0) is 38.1 Å². The third kappa shape index (κ3) is 4.46. The van der Waals surface area contributed by atoms with E-state index in [1.165, 1.54) is 18.7 Å². The number of aliphatic hydroxyl groups is 1. The van der Waals surface area contributed by atoms with Gasteiger partial charge in [0.1, 0.15) is 5.82 Å². The van der Waals surface area contributed by atoms with Crippen molar-refractivity contribution in [3.8, 4) is 0 Å². The van der Waals surface area contributed by atoms with Crippen LogP contribution < -0.4 is 0 Å². The first-order valence-corrected chi connectivity index (χ1v) is 7.66. The summed E-state index contributed by atoms with van der Waals surface area (Å²) in [5.74, 6) is 1.83. The summed E-state index contributed by atoms with van der Waals surface area (Å²) < 4.78 is 2.11. The largest absolute Gasteiger partial charge is 0.392 e. The summed E-state index contributed by atoms with van der Waals surface area (Å²) in [4.78, 5) is 6.83. The van der Waals surface area contributed by atoms with Gasteiger partial charge in [-0.3, -0.25) is 0 Å². The Bertz CT molecular complexity index is 416. The van der Waals surface area contributed by atoms with Crippen LogP contribution in [0, 0.1) is 5.92 Å². The lowest BCUT2D eigenvalue weighted by molar-refractivity contribution is 0.0794. The Morgan fingerprint density at radius 1 is 1.60 bits per heavy atom. The summed E-state index contributed by atoms with van der Waals surface area (Å²) in [5.41, 5.74) is 0. The number of aromatic nitrogens is 2. The van der Waals surface area contributed by atoms with Gasteiger partial charge in [0.15, 0.2) is 0 Å². The first-order chi connectivity index (χ1) is 9.69. The van der Waals surface area contributed by atoms with Gasteiger partial charge in [-0.25, -0.2) is 4.98 Å². The normalized spacial score (nSPS) is 21.8. The zero-order chi connectivity index (χ0) is 14.4. The molecule has 0 spiro atoms. The molecule has 0 aliphatic carbocycles. The Balaban J connectivity index is 1.79. The fraction of sp³-hybridized carbons (Fsp3) is 0.688. The standard InChI is InChI=1S/C16H27N3O/c1-3-4-7-15(20)13-19-9-5-6-14(12-19)11-16-17-8-10-18(16)2/h3,8,10,14-15,20H,1,4-7,9,11-13H2,2H3. The molecule has 4 heteroatoms. The predicted molar refractivity (Wildman–Crippen MR) is 81.5 cm³/mol. The molecule has 0 bridgehead atoms. The summed E-state index contributed by atoms with van der Waals surface area (Å²) in [6, 6.07) is 0. The quantitative estimate of drug-likeness (QED) is 0.775. The molecular formula is C16H27N3O. The van der Waals surface area contributed by atoms with Gasteiger partial charge in [0.25, 0.3) is 0 Å². The van der Waals surface area contributed by atoms with Crippen LogP contribution in [0.15, 0.2) is 25.0 Å². The van der Waals surface area contributed by atoms with Crippen LogP contribution in [0.5, 0.6) is 0 Å². The van der Waals surface area contributed by atoms with E-state index in [-0.39, 0.29) is 6.10 Å². The van der Waals surface area contributed by atoms with Crippen LogP contribution in [-0.2, 0) is 13.5 Å². The van der Waals surface area contributed by atoms with Crippen molar-refractivity contribution >= 4 is 0 Å². The number of allylic oxidation sites excluding steroid dienone is 1. The van der Waals surface area contributed by atoms with Gasteiger partial charge in [0.2, 0.25) is 0 Å². The second-order valence-corrected chi connectivity index (χ2v) is 5.95. The van der Waals surface area contributed by atoms with E-state index in [1.807, 2.05) is 18.5 Å².